The Balaban J connectivity index is 1.45. The number of fused-ring (bicyclic) bond motifs is 2. The Morgan fingerprint density at radius 3 is 3.00 bits per heavy atom. The summed E-state index contributed by atoms with van der Waals surface area (Å²) >= 11 is 0. The number of carbonyl (C=O) groups excluding carboxylic acids is 1. The van der Waals surface area contributed by atoms with Gasteiger partial charge in [0.2, 0.25) is 0 Å². The highest BCUT2D eigenvalue weighted by molar-refractivity contribution is 5.74. The van der Waals surface area contributed by atoms with Gasteiger partial charge in [-0.05, 0) is 35.7 Å². The molecule has 1 aromatic carbocycles. The number of benzene rings is 1. The standard InChI is InChI=1S/C17H15F2N5O/c18-12-7-11-10-23(6-4-13(11)14(19)8-12)17(25)20-9-16-22-21-15-3-1-2-5-24(15)16/h1-3,5,7-8H,4,6,9-10H2,(H,20,25). The van der Waals surface area contributed by atoms with Crippen molar-refractivity contribution >= 4 is 11.7 Å². The van der Waals surface area contributed by atoms with E-state index in [2.05, 4.69) is 15.5 Å². The third-order valence-corrected chi connectivity index (χ3v) is 4.31. The third-order valence-electron chi connectivity index (χ3n) is 4.31. The van der Waals surface area contributed by atoms with E-state index in [9.17, 15) is 13.6 Å². The highest BCUT2D eigenvalue weighted by atomic mass is 19.1. The Morgan fingerprint density at radius 1 is 1.24 bits per heavy atom. The maximum absolute atomic E-state index is 13.8. The Morgan fingerprint density at radius 2 is 2.12 bits per heavy atom. The molecule has 0 saturated carbocycles. The second-order valence-electron chi connectivity index (χ2n) is 5.90. The average molecular weight is 343 g/mol. The molecule has 25 heavy (non-hydrogen) atoms. The SMILES string of the molecule is O=C(NCc1nnc2ccccn12)N1CCc2c(F)cc(F)cc2C1. The van der Waals surface area contributed by atoms with Crippen LogP contribution in [0.3, 0.4) is 0 Å². The summed E-state index contributed by atoms with van der Waals surface area (Å²) in [5.41, 5.74) is 1.69. The molecule has 6 nitrogen and oxygen atoms in total. The Bertz CT molecular complexity index is 955. The van der Waals surface area contributed by atoms with E-state index in [1.54, 1.807) is 4.40 Å². The Kier molecular flexibility index (Phi) is 3.79. The van der Waals surface area contributed by atoms with Crippen LogP contribution >= 0.6 is 0 Å². The van der Waals surface area contributed by atoms with Crippen LogP contribution in [0.5, 0.6) is 0 Å². The molecule has 0 aliphatic carbocycles. The molecule has 0 saturated heterocycles. The summed E-state index contributed by atoms with van der Waals surface area (Å²) in [4.78, 5) is 13.9. The molecule has 1 aliphatic heterocycles. The zero-order valence-corrected chi connectivity index (χ0v) is 13.2. The van der Waals surface area contributed by atoms with Crippen LogP contribution in [-0.4, -0.2) is 32.1 Å². The number of rotatable bonds is 2. The summed E-state index contributed by atoms with van der Waals surface area (Å²) in [6.07, 6.45) is 2.18. The van der Waals surface area contributed by atoms with Gasteiger partial charge in [0.1, 0.15) is 11.6 Å². The first-order valence-corrected chi connectivity index (χ1v) is 7.90. The number of aromatic nitrogens is 3. The molecule has 0 radical (unpaired) electrons. The third kappa shape index (κ3) is 2.90. The number of carbonyl (C=O) groups is 1. The van der Waals surface area contributed by atoms with Crippen molar-refractivity contribution in [3.63, 3.8) is 0 Å². The number of urea groups is 1. The van der Waals surface area contributed by atoms with E-state index in [1.165, 1.54) is 11.0 Å². The predicted molar refractivity (Wildman–Crippen MR) is 85.7 cm³/mol. The molecule has 3 heterocycles. The summed E-state index contributed by atoms with van der Waals surface area (Å²) < 4.78 is 28.9. The predicted octanol–water partition coefficient (Wildman–Crippen LogP) is 2.28. The van der Waals surface area contributed by atoms with Crippen molar-refractivity contribution in [3.05, 3.63) is 65.1 Å². The minimum absolute atomic E-state index is 0.177. The first-order valence-electron chi connectivity index (χ1n) is 7.90. The van der Waals surface area contributed by atoms with E-state index in [0.717, 1.165) is 6.07 Å². The highest BCUT2D eigenvalue weighted by Crippen LogP contribution is 2.23. The fourth-order valence-electron chi connectivity index (χ4n) is 3.06. The van der Waals surface area contributed by atoms with Crippen LogP contribution in [-0.2, 0) is 19.5 Å². The molecule has 2 aromatic heterocycles. The van der Waals surface area contributed by atoms with Crippen LogP contribution in [0.2, 0.25) is 0 Å². The number of hydrogen-bond donors (Lipinski definition) is 1. The lowest BCUT2D eigenvalue weighted by Gasteiger charge is -2.29. The zero-order valence-electron chi connectivity index (χ0n) is 13.2. The molecule has 8 heteroatoms. The van der Waals surface area contributed by atoms with Crippen LogP contribution in [0.25, 0.3) is 5.65 Å². The maximum Gasteiger partial charge on any atom is 0.318 e. The summed E-state index contributed by atoms with van der Waals surface area (Å²) in [5.74, 6) is -0.572. The van der Waals surface area contributed by atoms with Crippen molar-refractivity contribution in [3.8, 4) is 0 Å². The molecule has 0 atom stereocenters. The van der Waals surface area contributed by atoms with Crippen molar-refractivity contribution in [2.45, 2.75) is 19.5 Å². The van der Waals surface area contributed by atoms with Crippen molar-refractivity contribution in [2.24, 2.45) is 0 Å². The molecule has 2 amide bonds. The molecule has 0 bridgehead atoms. The normalized spacial score (nSPS) is 13.8. The molecule has 1 N–H and O–H groups in total. The van der Waals surface area contributed by atoms with Gasteiger partial charge in [-0.2, -0.15) is 0 Å². The van der Waals surface area contributed by atoms with Crippen molar-refractivity contribution < 1.29 is 13.6 Å². The van der Waals surface area contributed by atoms with Crippen LogP contribution in [0.1, 0.15) is 17.0 Å². The number of halogens is 2. The molecule has 4 rings (SSSR count). The van der Waals surface area contributed by atoms with Gasteiger partial charge in [0.05, 0.1) is 6.54 Å². The van der Waals surface area contributed by atoms with Crippen LogP contribution in [0.4, 0.5) is 13.6 Å². The summed E-state index contributed by atoms with van der Waals surface area (Å²) in [6, 6.07) is 7.39. The maximum atomic E-state index is 13.8. The van der Waals surface area contributed by atoms with E-state index in [1.807, 2.05) is 24.4 Å². The number of nitrogens with one attached hydrogen (secondary N) is 1. The Labute approximate surface area is 142 Å². The summed E-state index contributed by atoms with van der Waals surface area (Å²) in [7, 11) is 0. The van der Waals surface area contributed by atoms with Gasteiger partial charge in [-0.3, -0.25) is 4.40 Å². The molecular formula is C17H15F2N5O. The van der Waals surface area contributed by atoms with E-state index in [4.69, 9.17) is 0 Å². The van der Waals surface area contributed by atoms with Crippen LogP contribution in [0.15, 0.2) is 36.5 Å². The summed E-state index contributed by atoms with van der Waals surface area (Å²) in [5, 5.41) is 10.9. The van der Waals surface area contributed by atoms with Gasteiger partial charge in [0.15, 0.2) is 11.5 Å². The lowest BCUT2D eigenvalue weighted by Crippen LogP contribution is -2.42. The van der Waals surface area contributed by atoms with E-state index < -0.39 is 11.6 Å². The number of nitrogens with zero attached hydrogens (tertiary/aromatic N) is 4. The summed E-state index contributed by atoms with van der Waals surface area (Å²) in [6.45, 7) is 0.767. The fourth-order valence-corrected chi connectivity index (χ4v) is 3.06. The fraction of sp³-hybridized carbons (Fsp3) is 0.235. The van der Waals surface area contributed by atoms with Gasteiger partial charge in [-0.15, -0.1) is 10.2 Å². The highest BCUT2D eigenvalue weighted by Gasteiger charge is 2.23. The van der Waals surface area contributed by atoms with Crippen molar-refractivity contribution in [1.82, 2.24) is 24.8 Å². The smallest absolute Gasteiger partial charge is 0.318 e. The minimum atomic E-state index is -0.631. The van der Waals surface area contributed by atoms with E-state index >= 15 is 0 Å². The van der Waals surface area contributed by atoms with Gasteiger partial charge in [0.25, 0.3) is 0 Å². The minimum Gasteiger partial charge on any atom is -0.331 e. The van der Waals surface area contributed by atoms with Crippen LogP contribution < -0.4 is 5.32 Å². The van der Waals surface area contributed by atoms with Gasteiger partial charge in [-0.1, -0.05) is 6.07 Å². The molecule has 0 unspecified atom stereocenters. The molecule has 1 aliphatic rings. The van der Waals surface area contributed by atoms with Gasteiger partial charge in [0, 0.05) is 25.4 Å². The van der Waals surface area contributed by atoms with Gasteiger partial charge < -0.3 is 10.2 Å². The number of amides is 2. The largest absolute Gasteiger partial charge is 0.331 e. The van der Waals surface area contributed by atoms with E-state index in [-0.39, 0.29) is 19.1 Å². The molecule has 128 valence electrons. The second-order valence-corrected chi connectivity index (χ2v) is 5.90. The van der Waals surface area contributed by atoms with E-state index in [0.29, 0.717) is 35.6 Å². The number of hydrogen-bond acceptors (Lipinski definition) is 3. The zero-order chi connectivity index (χ0) is 17.4. The van der Waals surface area contributed by atoms with Crippen LogP contribution in [0, 0.1) is 11.6 Å². The first-order chi connectivity index (χ1) is 12.1. The second kappa shape index (κ2) is 6.12. The molecule has 0 spiro atoms. The first kappa shape index (κ1) is 15.5. The Hall–Kier alpha value is -3.03. The lowest BCUT2D eigenvalue weighted by atomic mass is 9.99. The average Bonchev–Trinajstić information content (AvgIpc) is 3.02. The topological polar surface area (TPSA) is 62.5 Å². The van der Waals surface area contributed by atoms with Gasteiger partial charge >= 0.3 is 6.03 Å². The molecular weight excluding hydrogens is 328 g/mol. The van der Waals surface area contributed by atoms with Crippen molar-refractivity contribution in [2.75, 3.05) is 6.54 Å². The number of pyridine rings is 1. The monoisotopic (exact) mass is 343 g/mol. The molecule has 0 fully saturated rings. The van der Waals surface area contributed by atoms with Gasteiger partial charge in [-0.25, -0.2) is 13.6 Å². The lowest BCUT2D eigenvalue weighted by molar-refractivity contribution is 0.191. The molecule has 3 aromatic rings. The van der Waals surface area contributed by atoms with Crippen molar-refractivity contribution in [1.29, 1.82) is 0 Å². The quantitative estimate of drug-likeness (QED) is 0.776.